The zero-order valence-corrected chi connectivity index (χ0v) is 14.3. The zero-order valence-electron chi connectivity index (χ0n) is 11.9. The summed E-state index contributed by atoms with van der Waals surface area (Å²) >= 11 is 3.44. The molecule has 0 spiro atoms. The fourth-order valence-corrected chi connectivity index (χ4v) is 5.24. The van der Waals surface area contributed by atoms with Gasteiger partial charge in [-0.05, 0) is 30.0 Å². The summed E-state index contributed by atoms with van der Waals surface area (Å²) in [5.41, 5.74) is 1.18. The van der Waals surface area contributed by atoms with Crippen LogP contribution in [0.25, 0.3) is 0 Å². The van der Waals surface area contributed by atoms with Crippen LogP contribution in [0.2, 0.25) is 0 Å². The van der Waals surface area contributed by atoms with Crippen LogP contribution in [0.4, 0.5) is 0 Å². The van der Waals surface area contributed by atoms with Crippen LogP contribution in [0.5, 0.6) is 0 Å². The molecule has 0 radical (unpaired) electrons. The SMILES string of the molecule is O=S1(=O)CC[C@@H](CN2CCO[C@@H](c3ccc(Br)cc3)C2)C1. The topological polar surface area (TPSA) is 46.6 Å². The summed E-state index contributed by atoms with van der Waals surface area (Å²) in [7, 11) is -2.78. The minimum atomic E-state index is -2.78. The van der Waals surface area contributed by atoms with Gasteiger partial charge in [-0.1, -0.05) is 28.1 Å². The van der Waals surface area contributed by atoms with Crippen LogP contribution in [-0.2, 0) is 14.6 Å². The molecule has 0 N–H and O–H groups in total. The largest absolute Gasteiger partial charge is 0.371 e. The summed E-state index contributed by atoms with van der Waals surface area (Å²) in [4.78, 5) is 2.35. The van der Waals surface area contributed by atoms with E-state index in [2.05, 4.69) is 33.0 Å². The van der Waals surface area contributed by atoms with Crippen LogP contribution in [-0.4, -0.2) is 51.1 Å². The fourth-order valence-electron chi connectivity index (χ4n) is 3.13. The molecule has 21 heavy (non-hydrogen) atoms. The van der Waals surface area contributed by atoms with Crippen LogP contribution in [0.15, 0.2) is 28.7 Å². The Kier molecular flexibility index (Phi) is 4.69. The molecule has 2 heterocycles. The van der Waals surface area contributed by atoms with Crippen molar-refractivity contribution in [2.45, 2.75) is 12.5 Å². The van der Waals surface area contributed by atoms with Crippen LogP contribution in [0, 0.1) is 5.92 Å². The van der Waals surface area contributed by atoms with Crippen LogP contribution in [0.3, 0.4) is 0 Å². The smallest absolute Gasteiger partial charge is 0.150 e. The summed E-state index contributed by atoms with van der Waals surface area (Å²) in [5.74, 6) is 1.00. The Morgan fingerprint density at radius 1 is 1.29 bits per heavy atom. The van der Waals surface area contributed by atoms with Crippen molar-refractivity contribution in [1.82, 2.24) is 4.90 Å². The third-order valence-corrected chi connectivity index (χ3v) is 6.60. The molecule has 2 atom stereocenters. The van der Waals surface area contributed by atoms with E-state index in [1.54, 1.807) is 0 Å². The lowest BCUT2D eigenvalue weighted by Gasteiger charge is -2.34. The number of rotatable bonds is 3. The third kappa shape index (κ3) is 4.06. The lowest BCUT2D eigenvalue weighted by molar-refractivity contribution is -0.0335. The molecular formula is C15H20BrNO3S. The van der Waals surface area contributed by atoms with Crippen molar-refractivity contribution in [3.05, 3.63) is 34.3 Å². The molecular weight excluding hydrogens is 354 g/mol. The predicted octanol–water partition coefficient (Wildman–Crippen LogP) is 2.26. The van der Waals surface area contributed by atoms with Crippen LogP contribution < -0.4 is 0 Å². The predicted molar refractivity (Wildman–Crippen MR) is 86.0 cm³/mol. The van der Waals surface area contributed by atoms with Crippen LogP contribution >= 0.6 is 15.9 Å². The van der Waals surface area contributed by atoms with Gasteiger partial charge in [-0.3, -0.25) is 4.90 Å². The lowest BCUT2D eigenvalue weighted by atomic mass is 10.1. The molecule has 2 saturated heterocycles. The molecule has 0 unspecified atom stereocenters. The first kappa shape index (κ1) is 15.5. The second-order valence-corrected chi connectivity index (χ2v) is 9.08. The van der Waals surface area contributed by atoms with E-state index in [0.29, 0.717) is 24.0 Å². The summed E-state index contributed by atoms with van der Waals surface area (Å²) in [6.45, 7) is 3.32. The van der Waals surface area contributed by atoms with Gasteiger partial charge in [-0.15, -0.1) is 0 Å². The first-order valence-corrected chi connectivity index (χ1v) is 9.93. The summed E-state index contributed by atoms with van der Waals surface area (Å²) < 4.78 is 30.0. The number of hydrogen-bond donors (Lipinski definition) is 0. The Hall–Kier alpha value is -0.430. The maximum Gasteiger partial charge on any atom is 0.150 e. The minimum Gasteiger partial charge on any atom is -0.371 e. The molecule has 3 rings (SSSR count). The van der Waals surface area contributed by atoms with Gasteiger partial charge in [0.15, 0.2) is 9.84 Å². The van der Waals surface area contributed by atoms with E-state index in [9.17, 15) is 8.42 Å². The van der Waals surface area contributed by atoms with Gasteiger partial charge >= 0.3 is 0 Å². The van der Waals surface area contributed by atoms with Gasteiger partial charge in [0.25, 0.3) is 0 Å². The molecule has 0 aromatic heterocycles. The zero-order chi connectivity index (χ0) is 14.9. The van der Waals surface area contributed by atoms with Gasteiger partial charge in [0, 0.05) is 24.1 Å². The van der Waals surface area contributed by atoms with Gasteiger partial charge < -0.3 is 4.74 Å². The molecule has 4 nitrogen and oxygen atoms in total. The average molecular weight is 374 g/mol. The van der Waals surface area contributed by atoms with E-state index in [1.165, 1.54) is 5.56 Å². The molecule has 6 heteroatoms. The highest BCUT2D eigenvalue weighted by Crippen LogP contribution is 2.26. The second-order valence-electron chi connectivity index (χ2n) is 5.94. The number of morpholine rings is 1. The van der Waals surface area contributed by atoms with Gasteiger partial charge in [0.2, 0.25) is 0 Å². The van der Waals surface area contributed by atoms with Gasteiger partial charge in [-0.25, -0.2) is 8.42 Å². The Labute approximate surface area is 134 Å². The molecule has 0 bridgehead atoms. The Morgan fingerprint density at radius 3 is 2.71 bits per heavy atom. The van der Waals surface area contributed by atoms with Gasteiger partial charge in [-0.2, -0.15) is 0 Å². The monoisotopic (exact) mass is 373 g/mol. The van der Waals surface area contributed by atoms with Crippen molar-refractivity contribution in [3.63, 3.8) is 0 Å². The van der Waals surface area contributed by atoms with Gasteiger partial charge in [0.1, 0.15) is 0 Å². The fraction of sp³-hybridized carbons (Fsp3) is 0.600. The number of halogens is 1. The highest BCUT2D eigenvalue weighted by Gasteiger charge is 2.31. The summed E-state index contributed by atoms with van der Waals surface area (Å²) in [6.07, 6.45) is 0.896. The van der Waals surface area contributed by atoms with Gasteiger partial charge in [0.05, 0.1) is 24.2 Å². The number of hydrogen-bond acceptors (Lipinski definition) is 4. The number of sulfone groups is 1. The maximum atomic E-state index is 11.6. The van der Waals surface area contributed by atoms with E-state index >= 15 is 0 Å². The normalized spacial score (nSPS) is 29.6. The third-order valence-electron chi connectivity index (χ3n) is 4.24. The Balaban J connectivity index is 1.59. The second kappa shape index (κ2) is 6.36. The average Bonchev–Trinajstić information content (AvgIpc) is 2.79. The number of ether oxygens (including phenoxy) is 1. The van der Waals surface area contributed by atoms with Crippen molar-refractivity contribution in [2.75, 3.05) is 37.7 Å². The number of nitrogens with zero attached hydrogens (tertiary/aromatic N) is 1. The summed E-state index contributed by atoms with van der Waals surface area (Å²) in [6, 6.07) is 8.22. The van der Waals surface area contributed by atoms with E-state index in [-0.39, 0.29) is 6.10 Å². The van der Waals surface area contributed by atoms with E-state index in [4.69, 9.17) is 4.74 Å². The van der Waals surface area contributed by atoms with Crippen molar-refractivity contribution in [1.29, 1.82) is 0 Å². The lowest BCUT2D eigenvalue weighted by Crippen LogP contribution is -2.41. The highest BCUT2D eigenvalue weighted by atomic mass is 79.9. The molecule has 0 aliphatic carbocycles. The molecule has 1 aromatic carbocycles. The standard InChI is InChI=1S/C15H20BrNO3S/c16-14-3-1-13(2-4-14)15-10-17(6-7-20-15)9-12-5-8-21(18,19)11-12/h1-4,12,15H,5-11H2/t12-,15+/m0/s1. The van der Waals surface area contributed by atoms with Crippen molar-refractivity contribution in [3.8, 4) is 0 Å². The first-order valence-electron chi connectivity index (χ1n) is 7.32. The highest BCUT2D eigenvalue weighted by molar-refractivity contribution is 9.10. The van der Waals surface area contributed by atoms with E-state index < -0.39 is 9.84 Å². The molecule has 2 fully saturated rings. The maximum absolute atomic E-state index is 11.6. The molecule has 116 valence electrons. The first-order chi connectivity index (χ1) is 10.0. The molecule has 0 amide bonds. The number of benzene rings is 1. The molecule has 0 saturated carbocycles. The quantitative estimate of drug-likeness (QED) is 0.814. The minimum absolute atomic E-state index is 0.0878. The van der Waals surface area contributed by atoms with E-state index in [1.807, 2.05) is 12.1 Å². The molecule has 2 aliphatic rings. The van der Waals surface area contributed by atoms with Crippen molar-refractivity contribution >= 4 is 25.8 Å². The van der Waals surface area contributed by atoms with E-state index in [0.717, 1.165) is 30.5 Å². The van der Waals surface area contributed by atoms with Crippen molar-refractivity contribution in [2.24, 2.45) is 5.92 Å². The molecule has 2 aliphatic heterocycles. The summed E-state index contributed by atoms with van der Waals surface area (Å²) in [5, 5.41) is 0. The van der Waals surface area contributed by atoms with Crippen molar-refractivity contribution < 1.29 is 13.2 Å². The Bertz CT molecular complexity index is 587. The molecule has 1 aromatic rings. The van der Waals surface area contributed by atoms with Crippen LogP contribution in [0.1, 0.15) is 18.1 Å². The Morgan fingerprint density at radius 2 is 2.05 bits per heavy atom.